The van der Waals surface area contributed by atoms with Crippen LogP contribution >= 0.6 is 0 Å². The molecule has 0 saturated carbocycles. The summed E-state index contributed by atoms with van der Waals surface area (Å²) in [5.41, 5.74) is 2.45. The Kier molecular flexibility index (Phi) is 4.33. The maximum Gasteiger partial charge on any atom is 0.282 e. The second-order valence-corrected chi connectivity index (χ2v) is 8.22. The van der Waals surface area contributed by atoms with E-state index in [2.05, 4.69) is 19.1 Å². The molecule has 1 aromatic carbocycles. The van der Waals surface area contributed by atoms with Gasteiger partial charge >= 0.3 is 0 Å². The van der Waals surface area contributed by atoms with E-state index in [4.69, 9.17) is 0 Å². The molecule has 116 valence electrons. The van der Waals surface area contributed by atoms with Gasteiger partial charge in [0.15, 0.2) is 0 Å². The second-order valence-electron chi connectivity index (χ2n) is 6.30. The van der Waals surface area contributed by atoms with E-state index in [1.807, 2.05) is 12.1 Å². The van der Waals surface area contributed by atoms with Crippen molar-refractivity contribution in [2.24, 2.45) is 5.92 Å². The fourth-order valence-corrected chi connectivity index (χ4v) is 4.91. The fraction of sp³-hybridized carbons (Fsp3) is 0.625. The highest BCUT2D eigenvalue weighted by Crippen LogP contribution is 2.25. The molecular formula is C16H24N2O2S. The molecule has 0 aromatic heterocycles. The summed E-state index contributed by atoms with van der Waals surface area (Å²) >= 11 is 0. The summed E-state index contributed by atoms with van der Waals surface area (Å²) in [6.45, 7) is 4.68. The lowest BCUT2D eigenvalue weighted by molar-refractivity contribution is 0.262. The molecule has 1 saturated heterocycles. The second kappa shape index (κ2) is 6.07. The standard InChI is InChI=1S/C16H24N2O2S/c1-14-8-11-17(12-9-14)21(19,20)18-10-4-7-15-5-2-3-6-16(15)13-18/h2-3,5-6,14H,4,7-13H2,1H3. The Hall–Kier alpha value is -0.910. The molecule has 3 rings (SSSR count). The summed E-state index contributed by atoms with van der Waals surface area (Å²) in [7, 11) is -3.31. The first-order chi connectivity index (χ1) is 10.1. The number of piperidine rings is 1. The highest BCUT2D eigenvalue weighted by Gasteiger charge is 2.33. The number of aryl methyl sites for hydroxylation is 1. The molecule has 0 amide bonds. The van der Waals surface area contributed by atoms with Crippen LogP contribution < -0.4 is 0 Å². The van der Waals surface area contributed by atoms with Crippen LogP contribution in [0.4, 0.5) is 0 Å². The minimum Gasteiger partial charge on any atom is -0.195 e. The molecule has 1 fully saturated rings. The lowest BCUT2D eigenvalue weighted by atomic mass is 10.0. The van der Waals surface area contributed by atoms with Crippen molar-refractivity contribution >= 4 is 10.2 Å². The molecule has 0 bridgehead atoms. The Balaban J connectivity index is 1.79. The first-order valence-electron chi connectivity index (χ1n) is 7.89. The molecular weight excluding hydrogens is 284 g/mol. The van der Waals surface area contributed by atoms with Gasteiger partial charge in [-0.3, -0.25) is 0 Å². The predicted molar refractivity (Wildman–Crippen MR) is 84.1 cm³/mol. The Morgan fingerprint density at radius 3 is 2.38 bits per heavy atom. The molecule has 2 heterocycles. The maximum absolute atomic E-state index is 12.9. The molecule has 5 heteroatoms. The van der Waals surface area contributed by atoms with Gasteiger partial charge in [0.05, 0.1) is 0 Å². The number of nitrogens with zero attached hydrogens (tertiary/aromatic N) is 2. The Labute approximate surface area is 127 Å². The maximum atomic E-state index is 12.9. The summed E-state index contributed by atoms with van der Waals surface area (Å²) in [4.78, 5) is 0. The number of hydrogen-bond acceptors (Lipinski definition) is 2. The minimum absolute atomic E-state index is 0.518. The smallest absolute Gasteiger partial charge is 0.195 e. The van der Waals surface area contributed by atoms with E-state index in [9.17, 15) is 8.42 Å². The van der Waals surface area contributed by atoms with Crippen molar-refractivity contribution in [1.82, 2.24) is 8.61 Å². The van der Waals surface area contributed by atoms with Gasteiger partial charge in [0.25, 0.3) is 10.2 Å². The van der Waals surface area contributed by atoms with Crippen molar-refractivity contribution in [3.63, 3.8) is 0 Å². The van der Waals surface area contributed by atoms with E-state index in [0.717, 1.165) is 31.2 Å². The summed E-state index contributed by atoms with van der Waals surface area (Å²) in [5, 5.41) is 0. The van der Waals surface area contributed by atoms with Crippen LogP contribution in [0.15, 0.2) is 24.3 Å². The van der Waals surface area contributed by atoms with E-state index >= 15 is 0 Å². The predicted octanol–water partition coefficient (Wildman–Crippen LogP) is 2.41. The molecule has 0 atom stereocenters. The van der Waals surface area contributed by atoms with Crippen LogP contribution in [0, 0.1) is 5.92 Å². The van der Waals surface area contributed by atoms with Crippen molar-refractivity contribution in [2.75, 3.05) is 19.6 Å². The van der Waals surface area contributed by atoms with Crippen LogP contribution in [0.25, 0.3) is 0 Å². The molecule has 2 aliphatic heterocycles. The van der Waals surface area contributed by atoms with E-state index in [1.165, 1.54) is 5.56 Å². The van der Waals surface area contributed by atoms with Gasteiger partial charge in [-0.15, -0.1) is 0 Å². The van der Waals surface area contributed by atoms with Crippen LogP contribution in [-0.4, -0.2) is 36.7 Å². The van der Waals surface area contributed by atoms with Crippen molar-refractivity contribution in [3.8, 4) is 0 Å². The summed E-state index contributed by atoms with van der Waals surface area (Å²) in [5.74, 6) is 0.640. The van der Waals surface area contributed by atoms with Crippen molar-refractivity contribution in [3.05, 3.63) is 35.4 Å². The lowest BCUT2D eigenvalue weighted by Crippen LogP contribution is -2.46. The monoisotopic (exact) mass is 308 g/mol. The van der Waals surface area contributed by atoms with Gasteiger partial charge in [-0.2, -0.15) is 17.0 Å². The van der Waals surface area contributed by atoms with Gasteiger partial charge in [-0.25, -0.2) is 0 Å². The third-order valence-corrected chi connectivity index (χ3v) is 6.70. The molecule has 0 aliphatic carbocycles. The molecule has 0 radical (unpaired) electrons. The molecule has 1 aromatic rings. The van der Waals surface area contributed by atoms with Crippen molar-refractivity contribution in [1.29, 1.82) is 0 Å². The molecule has 4 nitrogen and oxygen atoms in total. The SMILES string of the molecule is CC1CCN(S(=O)(=O)N2CCCc3ccccc3C2)CC1. The molecule has 0 spiro atoms. The van der Waals surface area contributed by atoms with E-state index < -0.39 is 10.2 Å². The minimum atomic E-state index is -3.31. The van der Waals surface area contributed by atoms with Crippen LogP contribution in [0.5, 0.6) is 0 Å². The number of fused-ring (bicyclic) bond motifs is 1. The normalized spacial score (nSPS) is 22.7. The number of benzene rings is 1. The van der Waals surface area contributed by atoms with Gasteiger partial charge in [0.1, 0.15) is 0 Å². The van der Waals surface area contributed by atoms with E-state index in [0.29, 0.717) is 32.1 Å². The number of hydrogen-bond donors (Lipinski definition) is 0. The summed E-state index contributed by atoms with van der Waals surface area (Å²) < 4.78 is 29.1. The van der Waals surface area contributed by atoms with Crippen molar-refractivity contribution in [2.45, 2.75) is 39.2 Å². The van der Waals surface area contributed by atoms with Crippen LogP contribution in [0.2, 0.25) is 0 Å². The summed E-state index contributed by atoms with van der Waals surface area (Å²) in [6.07, 6.45) is 3.83. The lowest BCUT2D eigenvalue weighted by Gasteiger charge is -2.33. The highest BCUT2D eigenvalue weighted by atomic mass is 32.2. The van der Waals surface area contributed by atoms with Gasteiger partial charge in [0.2, 0.25) is 0 Å². The molecule has 0 N–H and O–H groups in total. The summed E-state index contributed by atoms with van der Waals surface area (Å²) in [6, 6.07) is 8.21. The van der Waals surface area contributed by atoms with Crippen LogP contribution in [-0.2, 0) is 23.2 Å². The highest BCUT2D eigenvalue weighted by molar-refractivity contribution is 7.86. The van der Waals surface area contributed by atoms with Crippen LogP contribution in [0.3, 0.4) is 0 Å². The van der Waals surface area contributed by atoms with Gasteiger partial charge < -0.3 is 0 Å². The first-order valence-corrected chi connectivity index (χ1v) is 9.29. The average Bonchev–Trinajstić information content (AvgIpc) is 2.70. The zero-order chi connectivity index (χ0) is 14.9. The zero-order valence-corrected chi connectivity index (χ0v) is 13.5. The Morgan fingerprint density at radius 2 is 1.67 bits per heavy atom. The van der Waals surface area contributed by atoms with E-state index in [-0.39, 0.29) is 0 Å². The van der Waals surface area contributed by atoms with Gasteiger partial charge in [0, 0.05) is 26.2 Å². The quantitative estimate of drug-likeness (QED) is 0.842. The van der Waals surface area contributed by atoms with E-state index in [1.54, 1.807) is 8.61 Å². The molecule has 0 unspecified atom stereocenters. The molecule has 21 heavy (non-hydrogen) atoms. The zero-order valence-electron chi connectivity index (χ0n) is 12.7. The first kappa shape index (κ1) is 15.0. The largest absolute Gasteiger partial charge is 0.282 e. The average molecular weight is 308 g/mol. The number of rotatable bonds is 2. The van der Waals surface area contributed by atoms with Crippen molar-refractivity contribution < 1.29 is 8.42 Å². The van der Waals surface area contributed by atoms with Gasteiger partial charge in [-0.05, 0) is 42.7 Å². The fourth-order valence-electron chi connectivity index (χ4n) is 3.25. The Morgan fingerprint density at radius 1 is 1.00 bits per heavy atom. The third kappa shape index (κ3) is 3.15. The Bertz CT molecular complexity index is 592. The third-order valence-electron chi connectivity index (χ3n) is 4.71. The topological polar surface area (TPSA) is 40.6 Å². The molecule has 2 aliphatic rings. The van der Waals surface area contributed by atoms with Gasteiger partial charge in [-0.1, -0.05) is 31.2 Å². The van der Waals surface area contributed by atoms with Crippen LogP contribution in [0.1, 0.15) is 37.3 Å².